The lowest BCUT2D eigenvalue weighted by Crippen LogP contribution is -2.56. The van der Waals surface area contributed by atoms with Crippen LogP contribution in [0.1, 0.15) is 31.4 Å². The van der Waals surface area contributed by atoms with E-state index in [2.05, 4.69) is 20.3 Å². The number of aryl methyl sites for hydroxylation is 1. The van der Waals surface area contributed by atoms with Gasteiger partial charge in [-0.1, -0.05) is 12.1 Å². The van der Waals surface area contributed by atoms with Crippen LogP contribution in [0.4, 0.5) is 0 Å². The van der Waals surface area contributed by atoms with E-state index in [9.17, 15) is 4.79 Å². The van der Waals surface area contributed by atoms with E-state index in [4.69, 9.17) is 10.9 Å². The minimum absolute atomic E-state index is 0.0152. The number of hydrogen-bond acceptors (Lipinski definition) is 5. The SMILES string of the molecule is Cc1nc(CN(C)C(=O)C2(C(N)=NO)CC(C)C2)n[nH]1. The van der Waals surface area contributed by atoms with Gasteiger partial charge in [-0.05, 0) is 25.7 Å². The van der Waals surface area contributed by atoms with Crippen LogP contribution >= 0.6 is 0 Å². The van der Waals surface area contributed by atoms with Crippen molar-refractivity contribution in [2.75, 3.05) is 7.05 Å². The van der Waals surface area contributed by atoms with Gasteiger partial charge in [-0.2, -0.15) is 5.10 Å². The molecule has 4 N–H and O–H groups in total. The molecular weight excluding hydrogens is 260 g/mol. The molecule has 8 nitrogen and oxygen atoms in total. The topological polar surface area (TPSA) is 120 Å². The molecule has 0 unspecified atom stereocenters. The molecule has 1 aromatic heterocycles. The van der Waals surface area contributed by atoms with Gasteiger partial charge in [-0.25, -0.2) is 4.98 Å². The number of amidine groups is 1. The molecule has 20 heavy (non-hydrogen) atoms. The average molecular weight is 280 g/mol. The maximum absolute atomic E-state index is 12.6. The molecule has 1 amide bonds. The second-order valence-electron chi connectivity index (χ2n) is 5.58. The van der Waals surface area contributed by atoms with Gasteiger partial charge < -0.3 is 15.8 Å². The highest BCUT2D eigenvalue weighted by Gasteiger charge is 2.53. The van der Waals surface area contributed by atoms with E-state index in [1.54, 1.807) is 14.0 Å². The first kappa shape index (κ1) is 14.3. The molecular formula is C12H20N6O2. The zero-order chi connectivity index (χ0) is 14.9. The van der Waals surface area contributed by atoms with Gasteiger partial charge in [0.1, 0.15) is 11.2 Å². The van der Waals surface area contributed by atoms with Crippen LogP contribution < -0.4 is 5.73 Å². The lowest BCUT2D eigenvalue weighted by molar-refractivity contribution is -0.143. The molecule has 0 bridgehead atoms. The highest BCUT2D eigenvalue weighted by molar-refractivity contribution is 6.07. The summed E-state index contributed by atoms with van der Waals surface area (Å²) in [6.07, 6.45) is 1.19. The number of rotatable bonds is 4. The first-order chi connectivity index (χ1) is 9.39. The molecule has 1 aliphatic rings. The molecule has 8 heteroatoms. The molecule has 1 aliphatic carbocycles. The van der Waals surface area contributed by atoms with Gasteiger partial charge >= 0.3 is 0 Å². The fraction of sp³-hybridized carbons (Fsp3) is 0.667. The summed E-state index contributed by atoms with van der Waals surface area (Å²) in [5.74, 6) is 1.45. The first-order valence-corrected chi connectivity index (χ1v) is 6.50. The quantitative estimate of drug-likeness (QED) is 0.315. The molecule has 0 saturated heterocycles. The fourth-order valence-electron chi connectivity index (χ4n) is 2.83. The third-order valence-corrected chi connectivity index (χ3v) is 3.77. The smallest absolute Gasteiger partial charge is 0.236 e. The second-order valence-corrected chi connectivity index (χ2v) is 5.58. The number of aromatic amines is 1. The van der Waals surface area contributed by atoms with E-state index >= 15 is 0 Å². The number of carbonyl (C=O) groups excluding carboxylic acids is 1. The van der Waals surface area contributed by atoms with Crippen LogP contribution in [-0.2, 0) is 11.3 Å². The van der Waals surface area contributed by atoms with E-state index in [0.29, 0.717) is 30.4 Å². The van der Waals surface area contributed by atoms with Crippen LogP contribution in [0.3, 0.4) is 0 Å². The van der Waals surface area contributed by atoms with Crippen LogP contribution in [-0.4, -0.2) is 44.1 Å². The summed E-state index contributed by atoms with van der Waals surface area (Å²) in [6, 6.07) is 0. The highest BCUT2D eigenvalue weighted by atomic mass is 16.4. The Bertz CT molecular complexity index is 532. The summed E-state index contributed by atoms with van der Waals surface area (Å²) in [6.45, 7) is 4.12. The number of hydrogen-bond donors (Lipinski definition) is 3. The molecule has 0 spiro atoms. The Morgan fingerprint density at radius 3 is 2.75 bits per heavy atom. The van der Waals surface area contributed by atoms with Gasteiger partial charge in [-0.15, -0.1) is 0 Å². The minimum Gasteiger partial charge on any atom is -0.409 e. The number of carbonyl (C=O) groups is 1. The maximum atomic E-state index is 12.6. The van der Waals surface area contributed by atoms with Gasteiger partial charge in [-0.3, -0.25) is 9.89 Å². The van der Waals surface area contributed by atoms with Crippen molar-refractivity contribution in [1.29, 1.82) is 0 Å². The number of amides is 1. The van der Waals surface area contributed by atoms with E-state index in [1.807, 2.05) is 6.92 Å². The van der Waals surface area contributed by atoms with Crippen LogP contribution in [0, 0.1) is 18.3 Å². The van der Waals surface area contributed by atoms with E-state index < -0.39 is 5.41 Å². The predicted octanol–water partition coefficient (Wildman–Crippen LogP) is 0.234. The Labute approximate surface area is 117 Å². The zero-order valence-corrected chi connectivity index (χ0v) is 11.9. The second kappa shape index (κ2) is 5.10. The summed E-state index contributed by atoms with van der Waals surface area (Å²) in [7, 11) is 1.67. The van der Waals surface area contributed by atoms with Gasteiger partial charge in [0.2, 0.25) is 5.91 Å². The largest absolute Gasteiger partial charge is 0.409 e. The molecule has 2 rings (SSSR count). The summed E-state index contributed by atoms with van der Waals surface area (Å²) in [5.41, 5.74) is 4.85. The molecule has 110 valence electrons. The maximum Gasteiger partial charge on any atom is 0.236 e. The van der Waals surface area contributed by atoms with Gasteiger partial charge in [0.15, 0.2) is 11.7 Å². The number of nitrogens with one attached hydrogen (secondary N) is 1. The normalized spacial score (nSPS) is 26.1. The Morgan fingerprint density at radius 2 is 2.30 bits per heavy atom. The molecule has 1 fully saturated rings. The van der Waals surface area contributed by atoms with Crippen molar-refractivity contribution >= 4 is 11.7 Å². The summed E-state index contributed by atoms with van der Waals surface area (Å²) < 4.78 is 0. The Hall–Kier alpha value is -2.12. The number of H-pyrrole nitrogens is 1. The van der Waals surface area contributed by atoms with Crippen molar-refractivity contribution in [1.82, 2.24) is 20.1 Å². The summed E-state index contributed by atoms with van der Waals surface area (Å²) in [4.78, 5) is 18.3. The average Bonchev–Trinajstić information content (AvgIpc) is 2.78. The molecule has 0 aromatic carbocycles. The molecule has 1 heterocycles. The van der Waals surface area contributed by atoms with Crippen LogP contribution in [0.15, 0.2) is 5.16 Å². The number of nitrogens with zero attached hydrogens (tertiary/aromatic N) is 4. The predicted molar refractivity (Wildman–Crippen MR) is 71.8 cm³/mol. The van der Waals surface area contributed by atoms with Crippen LogP contribution in [0.5, 0.6) is 0 Å². The van der Waals surface area contributed by atoms with Crippen LogP contribution in [0.2, 0.25) is 0 Å². The number of nitrogens with two attached hydrogens (primary N) is 1. The molecule has 1 saturated carbocycles. The van der Waals surface area contributed by atoms with Gasteiger partial charge in [0.05, 0.1) is 6.54 Å². The molecule has 0 radical (unpaired) electrons. The number of aromatic nitrogens is 3. The van der Waals surface area contributed by atoms with Crippen molar-refractivity contribution < 1.29 is 10.0 Å². The minimum atomic E-state index is -0.881. The summed E-state index contributed by atoms with van der Waals surface area (Å²) in [5, 5.41) is 18.7. The van der Waals surface area contributed by atoms with Crippen molar-refractivity contribution in [2.24, 2.45) is 22.2 Å². The monoisotopic (exact) mass is 280 g/mol. The Morgan fingerprint density at radius 1 is 1.65 bits per heavy atom. The first-order valence-electron chi connectivity index (χ1n) is 6.50. The zero-order valence-electron chi connectivity index (χ0n) is 11.9. The van der Waals surface area contributed by atoms with Crippen LogP contribution in [0.25, 0.3) is 0 Å². The molecule has 0 atom stereocenters. The van der Waals surface area contributed by atoms with E-state index in [1.165, 1.54) is 4.90 Å². The standard InChI is InChI=1S/C12H20N6O2/c1-7-4-12(5-7,10(13)17-20)11(19)18(3)6-9-14-8(2)15-16-9/h7,20H,4-6H2,1-3H3,(H2,13,17)(H,14,15,16). The molecule has 1 aromatic rings. The third-order valence-electron chi connectivity index (χ3n) is 3.77. The highest BCUT2D eigenvalue weighted by Crippen LogP contribution is 2.47. The number of oxime groups is 1. The van der Waals surface area contributed by atoms with Crippen molar-refractivity contribution in [3.63, 3.8) is 0 Å². The summed E-state index contributed by atoms with van der Waals surface area (Å²) >= 11 is 0. The van der Waals surface area contributed by atoms with Gasteiger partial charge in [0.25, 0.3) is 0 Å². The van der Waals surface area contributed by atoms with Crippen molar-refractivity contribution in [2.45, 2.75) is 33.2 Å². The van der Waals surface area contributed by atoms with E-state index in [0.717, 1.165) is 0 Å². The fourth-order valence-corrected chi connectivity index (χ4v) is 2.83. The Balaban J connectivity index is 2.12. The lowest BCUT2D eigenvalue weighted by Gasteiger charge is -2.45. The Kier molecular flexibility index (Phi) is 3.65. The van der Waals surface area contributed by atoms with Crippen molar-refractivity contribution in [3.05, 3.63) is 11.6 Å². The van der Waals surface area contributed by atoms with Gasteiger partial charge in [0, 0.05) is 7.05 Å². The van der Waals surface area contributed by atoms with E-state index in [-0.39, 0.29) is 18.3 Å². The third kappa shape index (κ3) is 2.33. The lowest BCUT2D eigenvalue weighted by atomic mass is 9.61. The van der Waals surface area contributed by atoms with Crippen molar-refractivity contribution in [3.8, 4) is 0 Å². The molecule has 0 aliphatic heterocycles.